The van der Waals surface area contributed by atoms with Gasteiger partial charge in [-0.25, -0.2) is 9.07 Å². The Bertz CT molecular complexity index is 956. The smallest absolute Gasteiger partial charge is 0.274 e. The zero-order valence-corrected chi connectivity index (χ0v) is 17.1. The number of amides is 2. The van der Waals surface area contributed by atoms with E-state index < -0.39 is 0 Å². The van der Waals surface area contributed by atoms with Crippen molar-refractivity contribution in [2.45, 2.75) is 44.9 Å². The van der Waals surface area contributed by atoms with Crippen molar-refractivity contribution in [3.05, 3.63) is 47.0 Å². The predicted molar refractivity (Wildman–Crippen MR) is 110 cm³/mol. The quantitative estimate of drug-likeness (QED) is 0.731. The highest BCUT2D eigenvalue weighted by atomic mass is 19.1. The van der Waals surface area contributed by atoms with Crippen LogP contribution in [-0.2, 0) is 17.6 Å². The van der Waals surface area contributed by atoms with E-state index in [0.29, 0.717) is 31.9 Å². The topological polar surface area (TPSA) is 58.4 Å². The molecule has 1 saturated carbocycles. The van der Waals surface area contributed by atoms with Crippen LogP contribution in [0.25, 0.3) is 5.69 Å². The molecule has 1 saturated heterocycles. The molecule has 30 heavy (non-hydrogen) atoms. The molecule has 0 atom stereocenters. The lowest BCUT2D eigenvalue weighted by atomic mass is 10.1. The van der Waals surface area contributed by atoms with Crippen molar-refractivity contribution >= 4 is 11.8 Å². The molecule has 0 N–H and O–H groups in total. The number of piperazine rings is 1. The SMILES string of the molecule is O=C(c1nn(-c2ccc(F)cc2)c2c1CCCCC2)N1CCN(C(=O)C2CC2)CC1. The van der Waals surface area contributed by atoms with E-state index in [2.05, 4.69) is 0 Å². The normalized spacial score (nSPS) is 19.4. The van der Waals surface area contributed by atoms with Crippen molar-refractivity contribution in [1.82, 2.24) is 19.6 Å². The summed E-state index contributed by atoms with van der Waals surface area (Å²) in [5.74, 6) is 0.130. The van der Waals surface area contributed by atoms with Gasteiger partial charge in [0.1, 0.15) is 5.82 Å². The summed E-state index contributed by atoms with van der Waals surface area (Å²) in [6, 6.07) is 6.28. The second kappa shape index (κ2) is 7.85. The molecular weight excluding hydrogens is 383 g/mol. The third-order valence-electron chi connectivity index (χ3n) is 6.51. The average Bonchev–Trinajstić information content (AvgIpc) is 3.59. The Labute approximate surface area is 175 Å². The highest BCUT2D eigenvalue weighted by Gasteiger charge is 2.36. The highest BCUT2D eigenvalue weighted by Crippen LogP contribution is 2.32. The largest absolute Gasteiger partial charge is 0.339 e. The molecule has 5 rings (SSSR count). The van der Waals surface area contributed by atoms with E-state index in [9.17, 15) is 14.0 Å². The van der Waals surface area contributed by atoms with Crippen LogP contribution < -0.4 is 0 Å². The van der Waals surface area contributed by atoms with Gasteiger partial charge in [-0.1, -0.05) is 6.42 Å². The first-order valence-corrected chi connectivity index (χ1v) is 11.1. The Morgan fingerprint density at radius 2 is 1.57 bits per heavy atom. The summed E-state index contributed by atoms with van der Waals surface area (Å²) in [5.41, 5.74) is 3.43. The first-order chi connectivity index (χ1) is 14.6. The Morgan fingerprint density at radius 3 is 2.27 bits per heavy atom. The second-order valence-electron chi connectivity index (χ2n) is 8.61. The fraction of sp³-hybridized carbons (Fsp3) is 0.522. The Hall–Kier alpha value is -2.70. The van der Waals surface area contributed by atoms with Gasteiger partial charge in [0, 0.05) is 43.4 Å². The molecule has 1 aromatic carbocycles. The summed E-state index contributed by atoms with van der Waals surface area (Å²) in [5, 5.41) is 4.72. The van der Waals surface area contributed by atoms with E-state index in [1.54, 1.807) is 12.1 Å². The van der Waals surface area contributed by atoms with Gasteiger partial charge < -0.3 is 9.80 Å². The molecule has 1 aliphatic heterocycles. The Kier molecular flexibility index (Phi) is 5.05. The van der Waals surface area contributed by atoms with Gasteiger partial charge in [-0.2, -0.15) is 5.10 Å². The zero-order chi connectivity index (χ0) is 20.7. The van der Waals surface area contributed by atoms with Crippen molar-refractivity contribution in [2.24, 2.45) is 5.92 Å². The average molecular weight is 410 g/mol. The maximum absolute atomic E-state index is 13.4. The maximum Gasteiger partial charge on any atom is 0.274 e. The van der Waals surface area contributed by atoms with E-state index in [4.69, 9.17) is 5.10 Å². The number of fused-ring (bicyclic) bond motifs is 1. The van der Waals surface area contributed by atoms with Gasteiger partial charge >= 0.3 is 0 Å². The van der Waals surface area contributed by atoms with Crippen LogP contribution in [-0.4, -0.2) is 57.6 Å². The second-order valence-corrected chi connectivity index (χ2v) is 8.61. The van der Waals surface area contributed by atoms with Gasteiger partial charge in [0.2, 0.25) is 5.91 Å². The van der Waals surface area contributed by atoms with E-state index in [1.807, 2.05) is 14.5 Å². The number of nitrogens with zero attached hydrogens (tertiary/aromatic N) is 4. The number of benzene rings is 1. The van der Waals surface area contributed by atoms with Gasteiger partial charge in [-0.15, -0.1) is 0 Å². The number of carbonyl (C=O) groups excluding carboxylic acids is 2. The third-order valence-corrected chi connectivity index (χ3v) is 6.51. The molecule has 2 heterocycles. The van der Waals surface area contributed by atoms with Crippen LogP contribution in [0.5, 0.6) is 0 Å². The van der Waals surface area contributed by atoms with E-state index in [1.165, 1.54) is 12.1 Å². The molecule has 1 aromatic heterocycles. The molecule has 2 aliphatic carbocycles. The molecule has 0 bridgehead atoms. The molecule has 0 radical (unpaired) electrons. The summed E-state index contributed by atoms with van der Waals surface area (Å²) >= 11 is 0. The van der Waals surface area contributed by atoms with Gasteiger partial charge in [0.05, 0.1) is 5.69 Å². The van der Waals surface area contributed by atoms with E-state index in [0.717, 1.165) is 61.9 Å². The molecule has 158 valence electrons. The lowest BCUT2D eigenvalue weighted by molar-refractivity contribution is -0.134. The van der Waals surface area contributed by atoms with E-state index in [-0.39, 0.29) is 23.5 Å². The lowest BCUT2D eigenvalue weighted by Gasteiger charge is -2.34. The zero-order valence-electron chi connectivity index (χ0n) is 17.1. The fourth-order valence-electron chi connectivity index (χ4n) is 4.61. The summed E-state index contributed by atoms with van der Waals surface area (Å²) in [4.78, 5) is 29.4. The van der Waals surface area contributed by atoms with Crippen LogP contribution in [0.4, 0.5) is 4.39 Å². The van der Waals surface area contributed by atoms with Crippen LogP contribution >= 0.6 is 0 Å². The first kappa shape index (κ1) is 19.3. The monoisotopic (exact) mass is 410 g/mol. The minimum absolute atomic E-state index is 0.0486. The van der Waals surface area contributed by atoms with Gasteiger partial charge in [-0.05, 0) is 62.8 Å². The summed E-state index contributed by atoms with van der Waals surface area (Å²) < 4.78 is 15.2. The van der Waals surface area contributed by atoms with Crippen LogP contribution in [0.15, 0.2) is 24.3 Å². The summed E-state index contributed by atoms with van der Waals surface area (Å²) in [7, 11) is 0. The van der Waals surface area contributed by atoms with Gasteiger partial charge in [0.15, 0.2) is 5.69 Å². The highest BCUT2D eigenvalue weighted by molar-refractivity contribution is 5.94. The molecule has 2 aromatic rings. The first-order valence-electron chi connectivity index (χ1n) is 11.1. The summed E-state index contributed by atoms with van der Waals surface area (Å²) in [6.45, 7) is 2.30. The number of aromatic nitrogens is 2. The van der Waals surface area contributed by atoms with E-state index >= 15 is 0 Å². The van der Waals surface area contributed by atoms with Crippen molar-refractivity contribution in [2.75, 3.05) is 26.2 Å². The number of rotatable bonds is 3. The van der Waals surface area contributed by atoms with Crippen molar-refractivity contribution in [3.63, 3.8) is 0 Å². The molecular formula is C23H27FN4O2. The van der Waals surface area contributed by atoms with Crippen LogP contribution in [0.1, 0.15) is 53.8 Å². The number of halogens is 1. The van der Waals surface area contributed by atoms with Gasteiger partial charge in [0.25, 0.3) is 5.91 Å². The minimum Gasteiger partial charge on any atom is -0.339 e. The predicted octanol–water partition coefficient (Wildman–Crippen LogP) is 2.97. The van der Waals surface area contributed by atoms with Gasteiger partial charge in [-0.3, -0.25) is 9.59 Å². The Morgan fingerprint density at radius 1 is 0.900 bits per heavy atom. The fourth-order valence-corrected chi connectivity index (χ4v) is 4.61. The molecule has 0 spiro atoms. The van der Waals surface area contributed by atoms with Crippen molar-refractivity contribution in [3.8, 4) is 5.69 Å². The number of hydrogen-bond acceptors (Lipinski definition) is 3. The maximum atomic E-state index is 13.4. The standard InChI is InChI=1S/C23H27FN4O2/c24-17-8-10-18(11-9-17)28-20-5-3-1-2-4-19(20)21(25-28)23(30)27-14-12-26(13-15-27)22(29)16-6-7-16/h8-11,16H,1-7,12-15H2. The lowest BCUT2D eigenvalue weighted by Crippen LogP contribution is -2.51. The van der Waals surface area contributed by atoms with Crippen LogP contribution in [0.2, 0.25) is 0 Å². The van der Waals surface area contributed by atoms with Crippen molar-refractivity contribution < 1.29 is 14.0 Å². The minimum atomic E-state index is -0.285. The Balaban J connectivity index is 1.40. The molecule has 2 amide bonds. The number of carbonyl (C=O) groups is 2. The molecule has 0 unspecified atom stereocenters. The molecule has 2 fully saturated rings. The van der Waals surface area contributed by atoms with Crippen LogP contribution in [0, 0.1) is 11.7 Å². The molecule has 6 nitrogen and oxygen atoms in total. The third kappa shape index (κ3) is 3.61. The number of hydrogen-bond donors (Lipinski definition) is 0. The summed E-state index contributed by atoms with van der Waals surface area (Å²) in [6.07, 6.45) is 6.97. The van der Waals surface area contributed by atoms with Crippen LogP contribution in [0.3, 0.4) is 0 Å². The van der Waals surface area contributed by atoms with Crippen molar-refractivity contribution in [1.29, 1.82) is 0 Å². The molecule has 7 heteroatoms. The molecule has 3 aliphatic rings.